The van der Waals surface area contributed by atoms with Gasteiger partial charge in [0.25, 0.3) is 5.91 Å². The van der Waals surface area contributed by atoms with Crippen LogP contribution in [0.15, 0.2) is 53.0 Å². The van der Waals surface area contributed by atoms with Gasteiger partial charge in [0, 0.05) is 16.6 Å². The number of benzene rings is 2. The van der Waals surface area contributed by atoms with Crippen molar-refractivity contribution < 1.29 is 18.0 Å². The molecule has 0 unspecified atom stereocenters. The fraction of sp³-hybridized carbons (Fsp3) is 0.222. The molecule has 1 atom stereocenters. The number of hydrogen-bond acceptors (Lipinski definition) is 2. The third kappa shape index (κ3) is 7.29. The summed E-state index contributed by atoms with van der Waals surface area (Å²) in [6, 6.07) is 11.8. The first-order valence-electron chi connectivity index (χ1n) is 8.05. The van der Waals surface area contributed by atoms with E-state index in [4.69, 9.17) is 23.8 Å². The molecule has 150 valence electrons. The molecule has 0 saturated carbocycles. The first-order chi connectivity index (χ1) is 13.1. The van der Waals surface area contributed by atoms with Crippen LogP contribution in [0.2, 0.25) is 0 Å². The van der Waals surface area contributed by atoms with Crippen LogP contribution in [0.1, 0.15) is 21.5 Å². The molecule has 2 aromatic rings. The maximum atomic E-state index is 12.7. The Bertz CT molecular complexity index is 834. The molecule has 2 rings (SSSR count). The van der Waals surface area contributed by atoms with Crippen LogP contribution in [-0.2, 0) is 12.6 Å². The largest absolute Gasteiger partial charge is 0.416 e. The molecule has 28 heavy (non-hydrogen) atoms. The summed E-state index contributed by atoms with van der Waals surface area (Å²) in [6.45, 7) is 0.206. The van der Waals surface area contributed by atoms with Gasteiger partial charge in [-0.1, -0.05) is 34.1 Å². The van der Waals surface area contributed by atoms with E-state index in [-0.39, 0.29) is 24.0 Å². The standard InChI is InChI=1S/C18H16BrClF3N3OS/c19-14-6-4-12(5-7-14)16(27)25-26-17(28)24-10-15(20)9-11-2-1-3-13(8-11)18(21,22)23/h1-8,15H,9-10H2,(H,25,27)(H2,24,26,28)/t15-/m1/s1. The van der Waals surface area contributed by atoms with Crippen molar-refractivity contribution in [2.75, 3.05) is 6.54 Å². The van der Waals surface area contributed by atoms with Gasteiger partial charge in [-0.2, -0.15) is 13.2 Å². The van der Waals surface area contributed by atoms with E-state index in [0.717, 1.165) is 16.6 Å². The van der Waals surface area contributed by atoms with E-state index >= 15 is 0 Å². The Labute approximate surface area is 178 Å². The predicted octanol–water partition coefficient (Wildman–Crippen LogP) is 4.43. The molecule has 0 aliphatic heterocycles. The van der Waals surface area contributed by atoms with Crippen LogP contribution >= 0.6 is 39.7 Å². The predicted molar refractivity (Wildman–Crippen MR) is 110 cm³/mol. The lowest BCUT2D eigenvalue weighted by atomic mass is 10.1. The average molecular weight is 495 g/mol. The zero-order chi connectivity index (χ0) is 20.7. The van der Waals surface area contributed by atoms with Crippen LogP contribution < -0.4 is 16.2 Å². The van der Waals surface area contributed by atoms with Gasteiger partial charge in [-0.05, 0) is 54.5 Å². The van der Waals surface area contributed by atoms with Crippen molar-refractivity contribution in [3.63, 3.8) is 0 Å². The first-order valence-corrected chi connectivity index (χ1v) is 9.69. The molecule has 0 aliphatic rings. The van der Waals surface area contributed by atoms with E-state index in [1.165, 1.54) is 6.07 Å². The maximum Gasteiger partial charge on any atom is 0.416 e. The number of hydrogen-bond donors (Lipinski definition) is 3. The van der Waals surface area contributed by atoms with Crippen LogP contribution in [0.5, 0.6) is 0 Å². The lowest BCUT2D eigenvalue weighted by Gasteiger charge is -2.15. The van der Waals surface area contributed by atoms with Gasteiger partial charge in [0.1, 0.15) is 0 Å². The molecule has 2 aromatic carbocycles. The molecule has 0 saturated heterocycles. The summed E-state index contributed by atoms with van der Waals surface area (Å²) in [5.41, 5.74) is 5.19. The average Bonchev–Trinajstić information content (AvgIpc) is 2.64. The highest BCUT2D eigenvalue weighted by Gasteiger charge is 2.30. The molecule has 1 amide bonds. The molecule has 0 bridgehead atoms. The highest BCUT2D eigenvalue weighted by molar-refractivity contribution is 9.10. The summed E-state index contributed by atoms with van der Waals surface area (Å²) in [5, 5.41) is 2.45. The van der Waals surface area contributed by atoms with Gasteiger partial charge in [0.2, 0.25) is 0 Å². The molecule has 0 aromatic heterocycles. The molecule has 0 radical (unpaired) electrons. The zero-order valence-corrected chi connectivity index (χ0v) is 17.5. The third-order valence-corrected chi connectivity index (χ3v) is 4.68. The van der Waals surface area contributed by atoms with Crippen LogP contribution in [0.4, 0.5) is 13.2 Å². The summed E-state index contributed by atoms with van der Waals surface area (Å²) in [7, 11) is 0. The van der Waals surface area contributed by atoms with Gasteiger partial charge in [-0.25, -0.2) is 0 Å². The second-order valence-electron chi connectivity index (χ2n) is 5.80. The number of thiocarbonyl (C=S) groups is 1. The van der Waals surface area contributed by atoms with E-state index < -0.39 is 17.1 Å². The van der Waals surface area contributed by atoms with Crippen molar-refractivity contribution in [2.45, 2.75) is 18.0 Å². The molecule has 10 heteroatoms. The van der Waals surface area contributed by atoms with E-state index in [1.54, 1.807) is 30.3 Å². The van der Waals surface area contributed by atoms with Gasteiger partial charge >= 0.3 is 6.18 Å². The highest BCUT2D eigenvalue weighted by atomic mass is 79.9. The lowest BCUT2D eigenvalue weighted by molar-refractivity contribution is -0.137. The lowest BCUT2D eigenvalue weighted by Crippen LogP contribution is -2.48. The number of hydrazine groups is 1. The van der Waals surface area contributed by atoms with E-state index in [2.05, 4.69) is 32.1 Å². The minimum atomic E-state index is -4.39. The number of amides is 1. The highest BCUT2D eigenvalue weighted by Crippen LogP contribution is 2.29. The van der Waals surface area contributed by atoms with Crippen molar-refractivity contribution >= 4 is 50.8 Å². The number of carbonyl (C=O) groups excluding carboxylic acids is 1. The molecule has 3 N–H and O–H groups in total. The Morgan fingerprint density at radius 2 is 1.82 bits per heavy atom. The quantitative estimate of drug-likeness (QED) is 0.327. The molecular formula is C18H16BrClF3N3OS. The van der Waals surface area contributed by atoms with Crippen molar-refractivity contribution in [3.8, 4) is 0 Å². The van der Waals surface area contributed by atoms with Crippen LogP contribution in [0.3, 0.4) is 0 Å². The zero-order valence-electron chi connectivity index (χ0n) is 14.3. The minimum Gasteiger partial charge on any atom is -0.360 e. The Morgan fingerprint density at radius 3 is 2.46 bits per heavy atom. The number of alkyl halides is 4. The SMILES string of the molecule is O=C(NNC(=S)NC[C@H](Cl)Cc1cccc(C(F)(F)F)c1)c1ccc(Br)cc1. The van der Waals surface area contributed by atoms with Crippen molar-refractivity contribution in [1.82, 2.24) is 16.2 Å². The second kappa shape index (κ2) is 10.1. The normalized spacial score (nSPS) is 12.2. The fourth-order valence-electron chi connectivity index (χ4n) is 2.24. The van der Waals surface area contributed by atoms with Gasteiger partial charge in [-0.3, -0.25) is 15.6 Å². The Morgan fingerprint density at radius 1 is 1.14 bits per heavy atom. The second-order valence-corrected chi connectivity index (χ2v) is 7.74. The summed E-state index contributed by atoms with van der Waals surface area (Å²) in [5.74, 6) is -0.372. The number of halogens is 5. The van der Waals surface area contributed by atoms with Gasteiger partial charge in [-0.15, -0.1) is 11.6 Å². The molecule has 0 spiro atoms. The van der Waals surface area contributed by atoms with Crippen molar-refractivity contribution in [3.05, 3.63) is 69.7 Å². The smallest absolute Gasteiger partial charge is 0.360 e. The van der Waals surface area contributed by atoms with Gasteiger partial charge < -0.3 is 5.32 Å². The Balaban J connectivity index is 1.76. The topological polar surface area (TPSA) is 53.2 Å². The summed E-state index contributed by atoms with van der Waals surface area (Å²) in [4.78, 5) is 12.0. The molecule has 0 fully saturated rings. The maximum absolute atomic E-state index is 12.7. The van der Waals surface area contributed by atoms with Crippen LogP contribution in [-0.4, -0.2) is 22.9 Å². The Hall–Kier alpha value is -1.84. The number of carbonyl (C=O) groups is 1. The number of nitrogens with one attached hydrogen (secondary N) is 3. The van der Waals surface area contributed by atoms with Gasteiger partial charge in [0.05, 0.1) is 10.9 Å². The van der Waals surface area contributed by atoms with E-state index in [9.17, 15) is 18.0 Å². The Kier molecular flexibility index (Phi) is 8.09. The van der Waals surface area contributed by atoms with E-state index in [1.807, 2.05) is 0 Å². The molecule has 4 nitrogen and oxygen atoms in total. The third-order valence-electron chi connectivity index (χ3n) is 3.59. The monoisotopic (exact) mass is 493 g/mol. The summed E-state index contributed by atoms with van der Waals surface area (Å²) >= 11 is 14.5. The van der Waals surface area contributed by atoms with Crippen molar-refractivity contribution in [1.29, 1.82) is 0 Å². The van der Waals surface area contributed by atoms with E-state index in [0.29, 0.717) is 11.1 Å². The summed E-state index contributed by atoms with van der Waals surface area (Å²) in [6.07, 6.45) is -4.17. The van der Waals surface area contributed by atoms with Crippen LogP contribution in [0, 0.1) is 0 Å². The first kappa shape index (κ1) is 22.4. The van der Waals surface area contributed by atoms with Crippen molar-refractivity contribution in [2.24, 2.45) is 0 Å². The summed E-state index contributed by atoms with van der Waals surface area (Å²) < 4.78 is 39.1. The van der Waals surface area contributed by atoms with Crippen LogP contribution in [0.25, 0.3) is 0 Å². The minimum absolute atomic E-state index is 0.139. The number of rotatable bonds is 5. The van der Waals surface area contributed by atoms with Gasteiger partial charge in [0.15, 0.2) is 5.11 Å². The molecule has 0 heterocycles. The molecular weight excluding hydrogens is 479 g/mol. The fourth-order valence-corrected chi connectivity index (χ4v) is 2.89. The molecule has 0 aliphatic carbocycles.